The van der Waals surface area contributed by atoms with Gasteiger partial charge in [-0.2, -0.15) is 5.26 Å². The summed E-state index contributed by atoms with van der Waals surface area (Å²) in [6.07, 6.45) is 3.17. The van der Waals surface area contributed by atoms with Crippen LogP contribution < -0.4 is 0 Å². The van der Waals surface area contributed by atoms with Crippen LogP contribution >= 0.6 is 15.9 Å². The van der Waals surface area contributed by atoms with E-state index < -0.39 is 0 Å². The lowest BCUT2D eigenvalue weighted by Gasteiger charge is -1.82. The topological polar surface area (TPSA) is 23.8 Å². The Bertz CT molecular complexity index is 164. The lowest BCUT2D eigenvalue weighted by atomic mass is 10.3. The molecule has 0 aromatic heterocycles. The van der Waals surface area contributed by atoms with Crippen molar-refractivity contribution in [3.05, 3.63) is 10.1 Å². The summed E-state index contributed by atoms with van der Waals surface area (Å²) in [5, 5.41) is 8.40. The molecule has 0 unspecified atom stereocenters. The zero-order chi connectivity index (χ0) is 5.98. The number of rotatable bonds is 0. The maximum Gasteiger partial charge on any atom is 0.0955 e. The van der Waals surface area contributed by atoms with E-state index in [9.17, 15) is 0 Å². The van der Waals surface area contributed by atoms with Gasteiger partial charge in [-0.1, -0.05) is 15.9 Å². The fraction of sp³-hybridized carbons (Fsp3) is 0.500. The van der Waals surface area contributed by atoms with Crippen LogP contribution in [0, 0.1) is 11.3 Å². The van der Waals surface area contributed by atoms with Gasteiger partial charge in [-0.15, -0.1) is 0 Å². The third kappa shape index (κ3) is 0.924. The van der Waals surface area contributed by atoms with Crippen LogP contribution in [-0.4, -0.2) is 0 Å². The first-order chi connectivity index (χ1) is 3.84. The number of nitrogens with zero attached hydrogens (tertiary/aromatic N) is 1. The quantitative estimate of drug-likeness (QED) is 0.550. The van der Waals surface area contributed by atoms with E-state index in [0.717, 1.165) is 29.3 Å². The first-order valence-electron chi connectivity index (χ1n) is 2.62. The standard InChI is InChI=1S/C6H6BrN/c7-6-3-1-2-5(6)4-8/h1-3H2. The summed E-state index contributed by atoms with van der Waals surface area (Å²) in [6.45, 7) is 0. The highest BCUT2D eigenvalue weighted by atomic mass is 79.9. The molecule has 0 saturated heterocycles. The van der Waals surface area contributed by atoms with Crippen molar-refractivity contribution in [3.63, 3.8) is 0 Å². The summed E-state index contributed by atoms with van der Waals surface area (Å²) in [4.78, 5) is 0. The van der Waals surface area contributed by atoms with Crippen LogP contribution in [0.3, 0.4) is 0 Å². The van der Waals surface area contributed by atoms with Gasteiger partial charge < -0.3 is 0 Å². The third-order valence-electron chi connectivity index (χ3n) is 1.29. The number of allylic oxidation sites excluding steroid dienone is 2. The first kappa shape index (κ1) is 5.84. The van der Waals surface area contributed by atoms with E-state index in [-0.39, 0.29) is 0 Å². The fourth-order valence-electron chi connectivity index (χ4n) is 0.823. The second-order valence-corrected chi connectivity index (χ2v) is 2.81. The van der Waals surface area contributed by atoms with Crippen molar-refractivity contribution in [2.45, 2.75) is 19.3 Å². The molecule has 0 spiro atoms. The molecule has 0 heterocycles. The Balaban J connectivity index is 2.77. The predicted molar refractivity (Wildman–Crippen MR) is 35.4 cm³/mol. The summed E-state index contributed by atoms with van der Waals surface area (Å²) in [7, 11) is 0. The molecule has 0 N–H and O–H groups in total. The minimum Gasteiger partial charge on any atom is -0.193 e. The average Bonchev–Trinajstić information content (AvgIpc) is 2.14. The van der Waals surface area contributed by atoms with Gasteiger partial charge in [0.2, 0.25) is 0 Å². The summed E-state index contributed by atoms with van der Waals surface area (Å²) in [6, 6.07) is 2.15. The van der Waals surface area contributed by atoms with Crippen molar-refractivity contribution in [1.82, 2.24) is 0 Å². The Morgan fingerprint density at radius 2 is 2.25 bits per heavy atom. The molecule has 0 aromatic rings. The van der Waals surface area contributed by atoms with Crippen LogP contribution in [0.15, 0.2) is 10.1 Å². The van der Waals surface area contributed by atoms with Crippen LogP contribution in [0.2, 0.25) is 0 Å². The van der Waals surface area contributed by atoms with Crippen LogP contribution in [0.5, 0.6) is 0 Å². The predicted octanol–water partition coefficient (Wildman–Crippen LogP) is 2.34. The van der Waals surface area contributed by atoms with E-state index in [0.29, 0.717) is 0 Å². The van der Waals surface area contributed by atoms with Gasteiger partial charge in [-0.3, -0.25) is 0 Å². The van der Waals surface area contributed by atoms with E-state index in [1.165, 1.54) is 0 Å². The number of hydrogen-bond donors (Lipinski definition) is 0. The molecule has 0 atom stereocenters. The van der Waals surface area contributed by atoms with Gasteiger partial charge in [0.05, 0.1) is 6.07 Å². The maximum absolute atomic E-state index is 8.40. The average molecular weight is 172 g/mol. The lowest BCUT2D eigenvalue weighted by Crippen LogP contribution is -1.67. The molecule has 0 saturated carbocycles. The van der Waals surface area contributed by atoms with Gasteiger partial charge in [0.1, 0.15) is 0 Å². The third-order valence-corrected chi connectivity index (χ3v) is 2.16. The van der Waals surface area contributed by atoms with E-state index in [1.807, 2.05) is 0 Å². The molecule has 0 amide bonds. The van der Waals surface area contributed by atoms with Crippen molar-refractivity contribution < 1.29 is 0 Å². The monoisotopic (exact) mass is 171 g/mol. The number of halogens is 1. The molecule has 0 bridgehead atoms. The van der Waals surface area contributed by atoms with Crippen molar-refractivity contribution in [2.24, 2.45) is 0 Å². The molecule has 1 rings (SSSR count). The van der Waals surface area contributed by atoms with Gasteiger partial charge in [0.15, 0.2) is 0 Å². The Morgan fingerprint density at radius 1 is 1.50 bits per heavy atom. The molecule has 2 heteroatoms. The number of hydrogen-bond acceptors (Lipinski definition) is 1. The minimum absolute atomic E-state index is 0.935. The zero-order valence-electron chi connectivity index (χ0n) is 4.45. The molecular weight excluding hydrogens is 166 g/mol. The Kier molecular flexibility index (Phi) is 1.69. The molecule has 1 aliphatic rings. The molecule has 1 aliphatic carbocycles. The molecule has 8 heavy (non-hydrogen) atoms. The number of nitriles is 1. The Labute approximate surface area is 57.1 Å². The van der Waals surface area contributed by atoms with Gasteiger partial charge >= 0.3 is 0 Å². The first-order valence-corrected chi connectivity index (χ1v) is 3.41. The molecule has 42 valence electrons. The molecular formula is C6H6BrN. The molecule has 0 fully saturated rings. The van der Waals surface area contributed by atoms with Crippen LogP contribution in [0.4, 0.5) is 0 Å². The zero-order valence-corrected chi connectivity index (χ0v) is 6.03. The van der Waals surface area contributed by atoms with Gasteiger partial charge in [0.25, 0.3) is 0 Å². The second kappa shape index (κ2) is 2.32. The van der Waals surface area contributed by atoms with Gasteiger partial charge in [-0.05, 0) is 19.3 Å². The highest BCUT2D eigenvalue weighted by Crippen LogP contribution is 2.29. The van der Waals surface area contributed by atoms with E-state index in [4.69, 9.17) is 5.26 Å². The Hall–Kier alpha value is -0.290. The highest BCUT2D eigenvalue weighted by molar-refractivity contribution is 9.11. The summed E-state index contributed by atoms with van der Waals surface area (Å²) in [5.74, 6) is 0. The van der Waals surface area contributed by atoms with Gasteiger partial charge in [0, 0.05) is 10.1 Å². The maximum atomic E-state index is 8.40. The van der Waals surface area contributed by atoms with E-state index in [2.05, 4.69) is 22.0 Å². The van der Waals surface area contributed by atoms with Crippen molar-refractivity contribution >= 4 is 15.9 Å². The second-order valence-electron chi connectivity index (χ2n) is 1.85. The fourth-order valence-corrected chi connectivity index (χ4v) is 1.39. The summed E-state index contributed by atoms with van der Waals surface area (Å²) >= 11 is 3.32. The molecule has 0 aliphatic heterocycles. The van der Waals surface area contributed by atoms with Crippen molar-refractivity contribution in [3.8, 4) is 6.07 Å². The van der Waals surface area contributed by atoms with Crippen LogP contribution in [-0.2, 0) is 0 Å². The molecule has 0 aromatic carbocycles. The smallest absolute Gasteiger partial charge is 0.0955 e. The largest absolute Gasteiger partial charge is 0.193 e. The normalized spacial score (nSPS) is 19.0. The SMILES string of the molecule is N#CC1=C(Br)CCC1. The van der Waals surface area contributed by atoms with E-state index >= 15 is 0 Å². The van der Waals surface area contributed by atoms with Crippen LogP contribution in [0.25, 0.3) is 0 Å². The van der Waals surface area contributed by atoms with Gasteiger partial charge in [-0.25, -0.2) is 0 Å². The molecule has 1 nitrogen and oxygen atoms in total. The highest BCUT2D eigenvalue weighted by Gasteiger charge is 2.09. The lowest BCUT2D eigenvalue weighted by molar-refractivity contribution is 0.915. The minimum atomic E-state index is 0.935. The Morgan fingerprint density at radius 3 is 2.50 bits per heavy atom. The summed E-state index contributed by atoms with van der Waals surface area (Å²) < 4.78 is 1.11. The van der Waals surface area contributed by atoms with Crippen LogP contribution in [0.1, 0.15) is 19.3 Å². The van der Waals surface area contributed by atoms with Crippen molar-refractivity contribution in [1.29, 1.82) is 5.26 Å². The molecule has 0 radical (unpaired) electrons. The summed E-state index contributed by atoms with van der Waals surface area (Å²) in [5.41, 5.74) is 0.935. The van der Waals surface area contributed by atoms with Crippen molar-refractivity contribution in [2.75, 3.05) is 0 Å². The van der Waals surface area contributed by atoms with E-state index in [1.54, 1.807) is 0 Å².